The van der Waals surface area contributed by atoms with Crippen LogP contribution in [-0.4, -0.2) is 62.8 Å². The number of benzene rings is 1. The highest BCUT2D eigenvalue weighted by molar-refractivity contribution is 6.00. The van der Waals surface area contributed by atoms with Crippen molar-refractivity contribution in [1.82, 2.24) is 35.4 Å². The first kappa shape index (κ1) is 32.2. The number of fused-ring (bicyclic) bond motifs is 2. The Balaban J connectivity index is 1.14. The van der Waals surface area contributed by atoms with Crippen LogP contribution in [0.25, 0.3) is 50.0 Å². The van der Waals surface area contributed by atoms with Gasteiger partial charge in [-0.2, -0.15) is 5.10 Å². The number of H-pyrrole nitrogens is 2. The summed E-state index contributed by atoms with van der Waals surface area (Å²) in [5.41, 5.74) is 9.87. The number of aryl methyl sites for hydroxylation is 1. The molecule has 7 nitrogen and oxygen atoms in total. The molecule has 0 unspecified atom stereocenters. The molecule has 1 aliphatic carbocycles. The van der Waals surface area contributed by atoms with E-state index in [2.05, 4.69) is 61.2 Å². The van der Waals surface area contributed by atoms with Crippen molar-refractivity contribution in [2.45, 2.75) is 58.3 Å². The summed E-state index contributed by atoms with van der Waals surface area (Å²) in [6.07, 6.45) is 19.6. The van der Waals surface area contributed by atoms with Gasteiger partial charge in [0.05, 0.1) is 28.6 Å². The van der Waals surface area contributed by atoms with Gasteiger partial charge in [-0.3, -0.25) is 10.1 Å². The van der Waals surface area contributed by atoms with Crippen LogP contribution in [0.2, 0.25) is 0 Å². The highest BCUT2D eigenvalue weighted by atomic mass is 19.1. The summed E-state index contributed by atoms with van der Waals surface area (Å²) >= 11 is 0. The molecule has 3 N–H and O–H groups in total. The number of hydrogen-bond donors (Lipinski definition) is 3. The smallest absolute Gasteiger partial charge is 0.135 e. The summed E-state index contributed by atoms with van der Waals surface area (Å²) in [6, 6.07) is 11.5. The molecule has 0 spiro atoms. The van der Waals surface area contributed by atoms with Crippen molar-refractivity contribution in [2.75, 3.05) is 32.7 Å². The third kappa shape index (κ3) is 7.20. The zero-order valence-corrected chi connectivity index (χ0v) is 28.0. The monoisotopic (exact) mass is 643 g/mol. The predicted octanol–water partition coefficient (Wildman–Crippen LogP) is 8.63. The van der Waals surface area contributed by atoms with Crippen LogP contribution in [0.3, 0.4) is 0 Å². The van der Waals surface area contributed by atoms with Crippen LogP contribution in [0, 0.1) is 11.7 Å². The summed E-state index contributed by atoms with van der Waals surface area (Å²) in [5.74, 6) is 0.572. The Morgan fingerprint density at radius 3 is 2.73 bits per heavy atom. The molecule has 0 atom stereocenters. The number of aromatic nitrogens is 5. The molecule has 5 aromatic rings. The molecule has 5 heterocycles. The molecule has 248 valence electrons. The van der Waals surface area contributed by atoms with Crippen molar-refractivity contribution in [2.24, 2.45) is 5.92 Å². The normalized spacial score (nSPS) is 16.5. The van der Waals surface area contributed by atoms with Crippen molar-refractivity contribution in [3.05, 3.63) is 96.2 Å². The summed E-state index contributed by atoms with van der Waals surface area (Å²) in [5, 5.41) is 12.4. The van der Waals surface area contributed by atoms with Crippen LogP contribution in [-0.2, 0) is 6.42 Å². The highest BCUT2D eigenvalue weighted by Gasteiger charge is 2.18. The predicted molar refractivity (Wildman–Crippen MR) is 195 cm³/mol. The third-order valence-corrected chi connectivity index (χ3v) is 10.1. The molecule has 0 bridgehead atoms. The highest BCUT2D eigenvalue weighted by Crippen LogP contribution is 2.34. The lowest BCUT2D eigenvalue weighted by atomic mass is 9.99. The minimum atomic E-state index is -0.218. The van der Waals surface area contributed by atoms with Crippen molar-refractivity contribution >= 4 is 27.5 Å². The van der Waals surface area contributed by atoms with Gasteiger partial charge in [0.2, 0.25) is 0 Å². The minimum absolute atomic E-state index is 0.218. The van der Waals surface area contributed by atoms with Crippen molar-refractivity contribution in [3.8, 4) is 22.5 Å². The quantitative estimate of drug-likeness (QED) is 0.112. The molecule has 1 saturated carbocycles. The molecular weight excluding hydrogens is 597 g/mol. The van der Waals surface area contributed by atoms with E-state index in [1.54, 1.807) is 12.1 Å². The average molecular weight is 644 g/mol. The second-order valence-corrected chi connectivity index (χ2v) is 13.4. The first-order valence-corrected chi connectivity index (χ1v) is 17.6. The summed E-state index contributed by atoms with van der Waals surface area (Å²) in [7, 11) is 0. The SMILES string of the molecule is C=C/C(=C\C(=C/C)c1ccc2[nH]nc(-c3cc4c(-c5cc(F)cc(CCCN6CCCC6)c5)cncc4[nH]3)c2n1)CNCC1CCCC1. The number of likely N-dealkylation sites (tertiary alicyclic amines) is 1. The van der Waals surface area contributed by atoms with Crippen molar-refractivity contribution in [1.29, 1.82) is 0 Å². The number of halogens is 1. The molecule has 7 rings (SSSR count). The van der Waals surface area contributed by atoms with Gasteiger partial charge in [0.15, 0.2) is 0 Å². The van der Waals surface area contributed by atoms with E-state index in [1.165, 1.54) is 51.6 Å². The molecule has 0 radical (unpaired) electrons. The van der Waals surface area contributed by atoms with Crippen LogP contribution < -0.4 is 5.32 Å². The number of hydrogen-bond acceptors (Lipinski definition) is 5. The fourth-order valence-corrected chi connectivity index (χ4v) is 7.44. The van der Waals surface area contributed by atoms with E-state index in [1.807, 2.05) is 37.5 Å². The molecule has 1 saturated heterocycles. The molecule has 2 aliphatic rings. The van der Waals surface area contributed by atoms with Gasteiger partial charge in [-0.25, -0.2) is 9.37 Å². The Morgan fingerprint density at radius 2 is 1.92 bits per heavy atom. The van der Waals surface area contributed by atoms with Crippen LogP contribution >= 0.6 is 0 Å². The van der Waals surface area contributed by atoms with Crippen LogP contribution in [0.15, 0.2) is 79.2 Å². The van der Waals surface area contributed by atoms with E-state index in [0.717, 1.165) is 105 Å². The van der Waals surface area contributed by atoms with Gasteiger partial charge in [0.1, 0.15) is 17.0 Å². The lowest BCUT2D eigenvalue weighted by Gasteiger charge is -2.14. The Hall–Kier alpha value is -4.40. The Kier molecular flexibility index (Phi) is 9.91. The Labute approximate surface area is 282 Å². The summed E-state index contributed by atoms with van der Waals surface area (Å²) in [4.78, 5) is 15.6. The molecule has 8 heteroatoms. The first-order valence-electron chi connectivity index (χ1n) is 17.6. The maximum Gasteiger partial charge on any atom is 0.135 e. The Morgan fingerprint density at radius 1 is 1.06 bits per heavy atom. The average Bonchev–Trinajstić information content (AvgIpc) is 3.93. The van der Waals surface area contributed by atoms with Gasteiger partial charge >= 0.3 is 0 Å². The molecule has 1 aliphatic heterocycles. The Bertz CT molecular complexity index is 1950. The van der Waals surface area contributed by atoms with Gasteiger partial charge in [0, 0.05) is 23.7 Å². The molecule has 48 heavy (non-hydrogen) atoms. The van der Waals surface area contributed by atoms with Crippen LogP contribution in [0.5, 0.6) is 0 Å². The lowest BCUT2D eigenvalue weighted by Crippen LogP contribution is -2.23. The summed E-state index contributed by atoms with van der Waals surface area (Å²) < 4.78 is 14.9. The van der Waals surface area contributed by atoms with Crippen LogP contribution in [0.4, 0.5) is 4.39 Å². The second-order valence-electron chi connectivity index (χ2n) is 13.4. The molecule has 2 fully saturated rings. The number of nitrogens with one attached hydrogen (secondary N) is 3. The van der Waals surface area contributed by atoms with E-state index < -0.39 is 0 Å². The van der Waals surface area contributed by atoms with Gasteiger partial charge in [-0.15, -0.1) is 0 Å². The molecular formula is C40H46FN7. The fourth-order valence-electron chi connectivity index (χ4n) is 7.44. The number of allylic oxidation sites excluding steroid dienone is 3. The third-order valence-electron chi connectivity index (χ3n) is 10.1. The lowest BCUT2D eigenvalue weighted by molar-refractivity contribution is 0.334. The standard InChI is InChI=1S/C40H46FN7/c1-3-27(23-42-24-28-10-5-6-11-28)18-30(4-2)35-13-14-36-39(45-35)40(47-46-36)37-22-33-34(25-43-26-38(33)44-37)31-19-29(20-32(41)21-31)12-9-17-48-15-7-8-16-48/h3-4,13-14,18-22,25-26,28,42,44H,1,5-12,15-17,23-24H2,2H3,(H,46,47)/b27-18+,30-4+. The van der Waals surface area contributed by atoms with E-state index >= 15 is 0 Å². The van der Waals surface area contributed by atoms with E-state index in [-0.39, 0.29) is 5.82 Å². The van der Waals surface area contributed by atoms with Gasteiger partial charge in [-0.1, -0.05) is 37.6 Å². The van der Waals surface area contributed by atoms with Gasteiger partial charge in [-0.05, 0) is 136 Å². The first-order chi connectivity index (χ1) is 23.6. The number of rotatable bonds is 13. The van der Waals surface area contributed by atoms with E-state index in [4.69, 9.17) is 4.98 Å². The maximum absolute atomic E-state index is 14.9. The van der Waals surface area contributed by atoms with E-state index in [0.29, 0.717) is 0 Å². The van der Waals surface area contributed by atoms with Crippen molar-refractivity contribution in [3.63, 3.8) is 0 Å². The number of nitrogens with zero attached hydrogens (tertiary/aromatic N) is 4. The zero-order chi connectivity index (χ0) is 32.9. The number of aromatic amines is 2. The minimum Gasteiger partial charge on any atom is -0.352 e. The van der Waals surface area contributed by atoms with Crippen LogP contribution in [0.1, 0.15) is 63.1 Å². The topological polar surface area (TPSA) is 85.5 Å². The van der Waals surface area contributed by atoms with E-state index in [9.17, 15) is 4.39 Å². The largest absolute Gasteiger partial charge is 0.352 e. The molecule has 0 amide bonds. The number of pyridine rings is 2. The maximum atomic E-state index is 14.9. The molecule has 1 aromatic carbocycles. The molecule has 4 aromatic heterocycles. The zero-order valence-electron chi connectivity index (χ0n) is 28.0. The fraction of sp³-hybridized carbons (Fsp3) is 0.375. The second kappa shape index (κ2) is 14.8. The summed E-state index contributed by atoms with van der Waals surface area (Å²) in [6.45, 7) is 11.4. The van der Waals surface area contributed by atoms with Gasteiger partial charge < -0.3 is 15.2 Å². The van der Waals surface area contributed by atoms with Crippen molar-refractivity contribution < 1.29 is 4.39 Å². The van der Waals surface area contributed by atoms with Gasteiger partial charge in [0.25, 0.3) is 0 Å².